The zero-order valence-electron chi connectivity index (χ0n) is 11.5. The predicted molar refractivity (Wildman–Crippen MR) is 77.9 cm³/mol. The third-order valence-corrected chi connectivity index (χ3v) is 3.06. The van der Waals surface area contributed by atoms with E-state index in [1.165, 1.54) is 0 Å². The minimum Gasteiger partial charge on any atom is -0.459 e. The number of ether oxygens (including phenoxy) is 1. The van der Waals surface area contributed by atoms with Crippen molar-refractivity contribution in [3.05, 3.63) is 59.4 Å². The molecule has 0 amide bonds. The molecule has 0 aliphatic heterocycles. The summed E-state index contributed by atoms with van der Waals surface area (Å²) in [6.07, 6.45) is 2.67. The molecule has 0 atom stereocenters. The number of hydrogen-bond acceptors (Lipinski definition) is 4. The number of anilines is 1. The van der Waals surface area contributed by atoms with E-state index in [1.54, 1.807) is 6.20 Å². The second-order valence-corrected chi connectivity index (χ2v) is 4.67. The predicted octanol–water partition coefficient (Wildman–Crippen LogP) is 2.65. The molecule has 104 valence electrons. The highest BCUT2D eigenvalue weighted by Gasteiger charge is 2.06. The molecule has 2 rings (SSSR count). The molecule has 0 fully saturated rings. The smallest absolute Gasteiger partial charge is 0.306 e. The fourth-order valence-corrected chi connectivity index (χ4v) is 1.89. The first kappa shape index (κ1) is 14.1. The average molecular weight is 270 g/mol. The molecule has 20 heavy (non-hydrogen) atoms. The lowest BCUT2D eigenvalue weighted by Gasteiger charge is -2.06. The van der Waals surface area contributed by atoms with Gasteiger partial charge in [0.1, 0.15) is 6.61 Å². The number of pyridine rings is 1. The molecule has 4 nitrogen and oxygen atoms in total. The lowest BCUT2D eigenvalue weighted by Crippen LogP contribution is -2.07. The Kier molecular flexibility index (Phi) is 4.71. The Morgan fingerprint density at radius 3 is 2.90 bits per heavy atom. The van der Waals surface area contributed by atoms with Gasteiger partial charge in [-0.3, -0.25) is 9.78 Å². The van der Waals surface area contributed by atoms with E-state index in [1.807, 2.05) is 43.3 Å². The number of aryl methyl sites for hydroxylation is 2. The number of carbonyl (C=O) groups excluding carboxylic acids is 1. The second kappa shape index (κ2) is 6.70. The van der Waals surface area contributed by atoms with Gasteiger partial charge in [-0.25, -0.2) is 0 Å². The van der Waals surface area contributed by atoms with E-state index in [9.17, 15) is 4.79 Å². The van der Waals surface area contributed by atoms with Crippen LogP contribution in [0.2, 0.25) is 0 Å². The molecule has 2 N–H and O–H groups in total. The van der Waals surface area contributed by atoms with E-state index >= 15 is 0 Å². The van der Waals surface area contributed by atoms with E-state index in [-0.39, 0.29) is 12.6 Å². The Labute approximate surface area is 118 Å². The summed E-state index contributed by atoms with van der Waals surface area (Å²) in [7, 11) is 0. The minimum absolute atomic E-state index is 0.225. The summed E-state index contributed by atoms with van der Waals surface area (Å²) in [5.74, 6) is -0.225. The number of nitrogens with zero attached hydrogens (tertiary/aromatic N) is 1. The highest BCUT2D eigenvalue weighted by molar-refractivity contribution is 5.69. The van der Waals surface area contributed by atoms with Crippen LogP contribution in [0.15, 0.2) is 42.6 Å². The molecule has 1 heterocycles. The van der Waals surface area contributed by atoms with Crippen LogP contribution in [-0.2, 0) is 22.6 Å². The van der Waals surface area contributed by atoms with E-state index < -0.39 is 0 Å². The Morgan fingerprint density at radius 2 is 2.15 bits per heavy atom. The summed E-state index contributed by atoms with van der Waals surface area (Å²) in [4.78, 5) is 15.9. The average Bonchev–Trinajstić information content (AvgIpc) is 2.44. The molecule has 4 heteroatoms. The van der Waals surface area contributed by atoms with Crippen LogP contribution in [0.4, 0.5) is 5.69 Å². The van der Waals surface area contributed by atoms with Crippen molar-refractivity contribution in [2.75, 3.05) is 5.73 Å². The number of carbonyl (C=O) groups is 1. The molecule has 0 unspecified atom stereocenters. The molecule has 0 radical (unpaired) electrons. The van der Waals surface area contributed by atoms with Crippen LogP contribution in [0.5, 0.6) is 0 Å². The van der Waals surface area contributed by atoms with Crippen molar-refractivity contribution in [1.29, 1.82) is 0 Å². The minimum atomic E-state index is -0.225. The topological polar surface area (TPSA) is 65.2 Å². The maximum absolute atomic E-state index is 11.7. The van der Waals surface area contributed by atoms with Gasteiger partial charge < -0.3 is 10.5 Å². The lowest BCUT2D eigenvalue weighted by atomic mass is 10.1. The van der Waals surface area contributed by atoms with Gasteiger partial charge in [-0.2, -0.15) is 0 Å². The monoisotopic (exact) mass is 270 g/mol. The van der Waals surface area contributed by atoms with Gasteiger partial charge in [-0.05, 0) is 42.7 Å². The van der Waals surface area contributed by atoms with Gasteiger partial charge in [0.25, 0.3) is 0 Å². The summed E-state index contributed by atoms with van der Waals surface area (Å²) in [5, 5.41) is 0. The molecule has 0 aliphatic carbocycles. The number of nitrogens with two attached hydrogens (primary N) is 1. The molecule has 0 bridgehead atoms. The first-order valence-electron chi connectivity index (χ1n) is 6.55. The SMILES string of the molecule is Cc1cccnc1COC(=O)CCc1cccc(N)c1. The van der Waals surface area contributed by atoms with Crippen molar-refractivity contribution in [2.45, 2.75) is 26.4 Å². The van der Waals surface area contributed by atoms with Crippen molar-refractivity contribution in [1.82, 2.24) is 4.98 Å². The van der Waals surface area contributed by atoms with Crippen molar-refractivity contribution < 1.29 is 9.53 Å². The lowest BCUT2D eigenvalue weighted by molar-refractivity contribution is -0.145. The van der Waals surface area contributed by atoms with Gasteiger partial charge in [0.2, 0.25) is 0 Å². The molecule has 0 saturated heterocycles. The second-order valence-electron chi connectivity index (χ2n) is 4.67. The van der Waals surface area contributed by atoms with Crippen LogP contribution in [0.1, 0.15) is 23.2 Å². The van der Waals surface area contributed by atoms with E-state index in [2.05, 4.69) is 4.98 Å². The van der Waals surface area contributed by atoms with Gasteiger partial charge in [0.15, 0.2) is 0 Å². The summed E-state index contributed by atoms with van der Waals surface area (Å²) < 4.78 is 5.23. The maximum Gasteiger partial charge on any atom is 0.306 e. The Hall–Kier alpha value is -2.36. The molecule has 1 aromatic carbocycles. The quantitative estimate of drug-likeness (QED) is 0.670. The van der Waals surface area contributed by atoms with Gasteiger partial charge >= 0.3 is 5.97 Å². The Balaban J connectivity index is 1.80. The van der Waals surface area contributed by atoms with Gasteiger partial charge in [0.05, 0.1) is 5.69 Å². The van der Waals surface area contributed by atoms with Crippen molar-refractivity contribution >= 4 is 11.7 Å². The molecule has 0 aliphatic rings. The molecule has 0 saturated carbocycles. The van der Waals surface area contributed by atoms with E-state index in [4.69, 9.17) is 10.5 Å². The Bertz CT molecular complexity index is 597. The first-order valence-corrected chi connectivity index (χ1v) is 6.55. The molecular weight excluding hydrogens is 252 g/mol. The summed E-state index contributed by atoms with van der Waals surface area (Å²) in [6.45, 7) is 2.17. The zero-order valence-corrected chi connectivity index (χ0v) is 11.5. The fraction of sp³-hybridized carbons (Fsp3) is 0.250. The number of esters is 1. The summed E-state index contributed by atoms with van der Waals surface area (Å²) in [6, 6.07) is 11.3. The van der Waals surface area contributed by atoms with E-state index in [0.717, 1.165) is 16.8 Å². The van der Waals surface area contributed by atoms with Crippen LogP contribution >= 0.6 is 0 Å². The molecular formula is C16H18N2O2. The Morgan fingerprint density at radius 1 is 1.30 bits per heavy atom. The number of rotatable bonds is 5. The van der Waals surface area contributed by atoms with Gasteiger partial charge in [-0.1, -0.05) is 18.2 Å². The van der Waals surface area contributed by atoms with Crippen molar-refractivity contribution in [3.63, 3.8) is 0 Å². The highest BCUT2D eigenvalue weighted by Crippen LogP contribution is 2.10. The first-order chi connectivity index (χ1) is 9.65. The van der Waals surface area contributed by atoms with E-state index in [0.29, 0.717) is 18.5 Å². The number of benzene rings is 1. The van der Waals surface area contributed by atoms with Crippen molar-refractivity contribution in [2.24, 2.45) is 0 Å². The maximum atomic E-state index is 11.7. The third-order valence-electron chi connectivity index (χ3n) is 3.06. The van der Waals surface area contributed by atoms with Crippen LogP contribution in [-0.4, -0.2) is 11.0 Å². The van der Waals surface area contributed by atoms with Crippen LogP contribution < -0.4 is 5.73 Å². The highest BCUT2D eigenvalue weighted by atomic mass is 16.5. The van der Waals surface area contributed by atoms with Crippen LogP contribution in [0.25, 0.3) is 0 Å². The molecule has 0 spiro atoms. The standard InChI is InChI=1S/C16H18N2O2/c1-12-4-3-9-18-15(12)11-20-16(19)8-7-13-5-2-6-14(17)10-13/h2-6,9-10H,7-8,11,17H2,1H3. The summed E-state index contributed by atoms with van der Waals surface area (Å²) >= 11 is 0. The molecule has 2 aromatic rings. The number of nitrogen functional groups attached to an aromatic ring is 1. The van der Waals surface area contributed by atoms with Crippen LogP contribution in [0.3, 0.4) is 0 Å². The molecule has 1 aromatic heterocycles. The van der Waals surface area contributed by atoms with Crippen LogP contribution in [0, 0.1) is 6.92 Å². The normalized spacial score (nSPS) is 10.2. The van der Waals surface area contributed by atoms with Gasteiger partial charge in [-0.15, -0.1) is 0 Å². The fourth-order valence-electron chi connectivity index (χ4n) is 1.89. The number of hydrogen-bond donors (Lipinski definition) is 1. The van der Waals surface area contributed by atoms with Crippen molar-refractivity contribution in [3.8, 4) is 0 Å². The largest absolute Gasteiger partial charge is 0.459 e. The summed E-state index contributed by atoms with van der Waals surface area (Å²) in [5.41, 5.74) is 9.26. The third kappa shape index (κ3) is 4.09. The van der Waals surface area contributed by atoms with Gasteiger partial charge in [0, 0.05) is 18.3 Å². The number of aromatic nitrogens is 1. The zero-order chi connectivity index (χ0) is 14.4.